The van der Waals surface area contributed by atoms with Crippen molar-refractivity contribution in [3.05, 3.63) is 0 Å². The van der Waals surface area contributed by atoms with Gasteiger partial charge in [-0.1, -0.05) is 76.7 Å². The molecule has 285 valence electrons. The van der Waals surface area contributed by atoms with Crippen molar-refractivity contribution in [2.75, 3.05) is 0 Å². The molecule has 4 heterocycles. The van der Waals surface area contributed by atoms with E-state index in [1.165, 1.54) is 6.92 Å². The third-order valence-electron chi connectivity index (χ3n) is 12.5. The zero-order chi connectivity index (χ0) is 35.1. The lowest BCUT2D eigenvalue weighted by molar-refractivity contribution is -0.351. The van der Waals surface area contributed by atoms with Gasteiger partial charge in [-0.3, -0.25) is 9.59 Å². The van der Waals surface area contributed by atoms with Crippen molar-refractivity contribution in [1.29, 1.82) is 0 Å². The van der Waals surface area contributed by atoms with Crippen LogP contribution in [0, 0.1) is 47.3 Å². The molecule has 0 aromatic carbocycles. The minimum atomic E-state index is -0.917. The minimum Gasteiger partial charge on any atom is -0.390 e. The number of aliphatic hydroxyl groups excluding tert-OH is 1. The summed E-state index contributed by atoms with van der Waals surface area (Å²) in [5.74, 6) is -0.146. The molecule has 20 atom stereocenters. The van der Waals surface area contributed by atoms with Crippen LogP contribution in [0.4, 0.5) is 0 Å². The largest absolute Gasteiger partial charge is 0.390 e. The van der Waals surface area contributed by atoms with Crippen molar-refractivity contribution >= 4 is 20.0 Å². The van der Waals surface area contributed by atoms with Gasteiger partial charge in [-0.2, -0.15) is 0 Å². The van der Waals surface area contributed by atoms with Crippen LogP contribution in [-0.4, -0.2) is 98.9 Å². The molecule has 9 unspecified atom stereocenters. The van der Waals surface area contributed by atoms with E-state index in [1.807, 2.05) is 20.8 Å². The third kappa shape index (κ3) is 9.01. The van der Waals surface area contributed by atoms with E-state index in [4.69, 9.17) is 33.2 Å². The number of ketones is 2. The van der Waals surface area contributed by atoms with Gasteiger partial charge in [-0.05, 0) is 63.2 Å². The highest BCUT2D eigenvalue weighted by molar-refractivity contribution is 5.81. The van der Waals surface area contributed by atoms with Crippen molar-refractivity contribution in [3.63, 3.8) is 0 Å². The van der Waals surface area contributed by atoms with E-state index in [1.54, 1.807) is 6.92 Å². The van der Waals surface area contributed by atoms with Gasteiger partial charge in [0.25, 0.3) is 0 Å². The van der Waals surface area contributed by atoms with E-state index in [-0.39, 0.29) is 101 Å². The average Bonchev–Trinajstić information content (AvgIpc) is 3.03. The maximum atomic E-state index is 13.1. The van der Waals surface area contributed by atoms with E-state index in [9.17, 15) is 14.7 Å². The standard InChI is InChI=1S/C37H64O10.CH4.B.H2/c1-14-27-30(18(5)16(3)26(13)41-27)43-37-23(10)20(7)32(34(47-37)25(12)39)45-35-22(9)19(6)31(28(15-2)42-35)44-36-21(8)17(4)29(40)33(46-36)24(11)38;;;/h16-23,26-37,40H,14-15H2,1-13H3;1H4;;1H/t16?,17-,18-,19-,20+,21?,22?,23?,26?,27?,28?,29+,30-,31+,32+,33?,34?,35-,36-,37-;;;/m1.../s1/i;;;1+1. The number of hydrogen-bond acceptors (Lipinski definition) is 10. The summed E-state index contributed by atoms with van der Waals surface area (Å²) in [4.78, 5) is 25.4. The number of hydrogen-bond donors (Lipinski definition) is 1. The Kier molecular flexibility index (Phi) is 16.5. The van der Waals surface area contributed by atoms with Crippen LogP contribution in [0.3, 0.4) is 0 Å². The molecule has 0 aliphatic carbocycles. The Morgan fingerprint density at radius 2 is 0.918 bits per heavy atom. The van der Waals surface area contributed by atoms with Gasteiger partial charge in [0.1, 0.15) is 12.2 Å². The van der Waals surface area contributed by atoms with Gasteiger partial charge < -0.3 is 38.3 Å². The summed E-state index contributed by atoms with van der Waals surface area (Å²) in [6.07, 6.45) is -4.00. The lowest BCUT2D eigenvalue weighted by atomic mass is 9.80. The van der Waals surface area contributed by atoms with Gasteiger partial charge in [0.2, 0.25) is 0 Å². The van der Waals surface area contributed by atoms with Crippen LogP contribution >= 0.6 is 0 Å². The zero-order valence-electron chi connectivity index (χ0n) is 31.7. The zero-order valence-corrected chi connectivity index (χ0v) is 31.7. The van der Waals surface area contributed by atoms with Gasteiger partial charge in [0.15, 0.2) is 30.4 Å². The Bertz CT molecular complexity index is 1060. The number of Topliss-reactive ketones (excluding diaryl/α,β-unsaturated/α-hetero) is 2. The molecule has 10 nitrogen and oxygen atoms in total. The van der Waals surface area contributed by atoms with E-state index in [0.717, 1.165) is 6.42 Å². The van der Waals surface area contributed by atoms with Crippen LogP contribution in [0.5, 0.6) is 0 Å². The number of rotatable bonds is 10. The molecule has 49 heavy (non-hydrogen) atoms. The molecule has 0 amide bonds. The molecular formula is C38H70BO10. The highest BCUT2D eigenvalue weighted by Crippen LogP contribution is 2.43. The first kappa shape index (κ1) is 44.2. The summed E-state index contributed by atoms with van der Waals surface area (Å²) < 4.78 is 45.6. The summed E-state index contributed by atoms with van der Waals surface area (Å²) in [6.45, 7) is 26.0. The normalized spacial score (nSPS) is 48.9. The molecule has 0 aromatic heterocycles. The fourth-order valence-electron chi connectivity index (χ4n) is 8.03. The Labute approximate surface area is 300 Å². The molecule has 11 heteroatoms. The molecule has 0 spiro atoms. The van der Waals surface area contributed by atoms with Crippen LogP contribution in [0.1, 0.15) is 112 Å². The first-order chi connectivity index (χ1) is 22.0. The fraction of sp³-hybridized carbons (Fsp3) is 0.947. The van der Waals surface area contributed by atoms with E-state index >= 15 is 0 Å². The van der Waals surface area contributed by atoms with Crippen LogP contribution in [0.15, 0.2) is 0 Å². The maximum absolute atomic E-state index is 13.1. The van der Waals surface area contributed by atoms with Gasteiger partial charge in [-0.25, -0.2) is 0 Å². The number of ether oxygens (including phenoxy) is 7. The van der Waals surface area contributed by atoms with E-state index < -0.39 is 43.3 Å². The third-order valence-corrected chi connectivity index (χ3v) is 12.5. The summed E-state index contributed by atoms with van der Waals surface area (Å²) in [7, 11) is 0. The number of carbonyl (C=O) groups is 2. The molecule has 4 aliphatic rings. The number of carbonyl (C=O) groups excluding carboxylic acids is 2. The molecule has 4 fully saturated rings. The predicted octanol–water partition coefficient (Wildman–Crippen LogP) is 6.05. The molecular weight excluding hydrogens is 627 g/mol. The summed E-state index contributed by atoms with van der Waals surface area (Å²) in [5.41, 5.74) is 0. The quantitative estimate of drug-likeness (QED) is 0.270. The van der Waals surface area contributed by atoms with Gasteiger partial charge in [0.05, 0.1) is 42.7 Å². The second-order valence-electron chi connectivity index (χ2n) is 15.5. The Morgan fingerprint density at radius 3 is 1.39 bits per heavy atom. The minimum absolute atomic E-state index is 0. The van der Waals surface area contributed by atoms with Gasteiger partial charge in [0, 0.05) is 27.6 Å². The SMILES string of the molecule is C.CCC1O[C@H](O[C@@H]2C(C(C)=O)O[C@@H](O[C@H]3C(CC)OC(C)C(C)[C@H]3C)C(C)[C@@H]2C)C(C)[C@@H](C)[C@@H]1O[C@@H]1OC(C(C)=O)[C@@H](O)[C@H](C)C1C.[2HH].[B]. The highest BCUT2D eigenvalue weighted by atomic mass is 16.7. The van der Waals surface area contributed by atoms with Gasteiger partial charge in [-0.15, -0.1) is 0 Å². The summed E-state index contributed by atoms with van der Waals surface area (Å²) >= 11 is 0. The molecule has 3 radical (unpaired) electrons. The van der Waals surface area contributed by atoms with Crippen molar-refractivity contribution in [2.24, 2.45) is 47.3 Å². The number of aliphatic hydroxyl groups is 1. The summed E-state index contributed by atoms with van der Waals surface area (Å²) in [5, 5.41) is 10.6. The molecule has 4 aliphatic heterocycles. The first-order valence-electron chi connectivity index (χ1n) is 18.3. The molecule has 1 N–H and O–H groups in total. The fourth-order valence-corrected chi connectivity index (χ4v) is 8.03. The Morgan fingerprint density at radius 1 is 0.551 bits per heavy atom. The highest BCUT2D eigenvalue weighted by Gasteiger charge is 2.52. The molecule has 4 saturated heterocycles. The second kappa shape index (κ2) is 18.2. The van der Waals surface area contributed by atoms with Crippen LogP contribution in [0.2, 0.25) is 0 Å². The average molecular weight is 699 g/mol. The Hall–Kier alpha value is -0.915. The first-order valence-corrected chi connectivity index (χ1v) is 18.3. The van der Waals surface area contributed by atoms with Crippen LogP contribution < -0.4 is 0 Å². The molecule has 4 rings (SSSR count). The lowest BCUT2D eigenvalue weighted by Crippen LogP contribution is -2.60. The molecule has 0 saturated carbocycles. The predicted molar refractivity (Wildman–Crippen MR) is 191 cm³/mol. The second-order valence-corrected chi connectivity index (χ2v) is 15.5. The molecule has 0 bridgehead atoms. The van der Waals surface area contributed by atoms with E-state index in [2.05, 4.69) is 55.4 Å². The summed E-state index contributed by atoms with van der Waals surface area (Å²) in [6, 6.07) is 0. The van der Waals surface area contributed by atoms with Gasteiger partial charge >= 0.3 is 0 Å². The van der Waals surface area contributed by atoms with Crippen LogP contribution in [0.25, 0.3) is 0 Å². The molecule has 0 aromatic rings. The van der Waals surface area contributed by atoms with Crippen molar-refractivity contribution < 1.29 is 49.3 Å². The maximum Gasteiger partial charge on any atom is 0.162 e. The lowest BCUT2D eigenvalue weighted by Gasteiger charge is -2.51. The smallest absolute Gasteiger partial charge is 0.162 e. The van der Waals surface area contributed by atoms with E-state index in [0.29, 0.717) is 12.3 Å². The van der Waals surface area contributed by atoms with Crippen molar-refractivity contribution in [3.8, 4) is 0 Å². The topological polar surface area (TPSA) is 119 Å². The van der Waals surface area contributed by atoms with Crippen LogP contribution in [-0.2, 0) is 42.7 Å². The monoisotopic (exact) mass is 699 g/mol. The van der Waals surface area contributed by atoms with Crippen molar-refractivity contribution in [1.82, 2.24) is 0 Å². The Balaban J connectivity index is 0.00000417. The van der Waals surface area contributed by atoms with Crippen molar-refractivity contribution in [2.45, 2.75) is 184 Å².